The van der Waals surface area contributed by atoms with E-state index < -0.39 is 0 Å². The van der Waals surface area contributed by atoms with Crippen molar-refractivity contribution < 1.29 is 4.79 Å². The topological polar surface area (TPSA) is 136 Å². The van der Waals surface area contributed by atoms with Gasteiger partial charge in [0.25, 0.3) is 0 Å². The highest BCUT2D eigenvalue weighted by atomic mass is 16.2. The number of hydrogen-bond acceptors (Lipinski definition) is 6. The molecule has 0 unspecified atom stereocenters. The van der Waals surface area contributed by atoms with Crippen molar-refractivity contribution in [3.05, 3.63) is 59.8 Å². The van der Waals surface area contributed by atoms with Crippen molar-refractivity contribution in [1.29, 1.82) is 5.41 Å². The number of anilines is 1. The Hall–Kier alpha value is -3.95. The number of urea groups is 1. The third-order valence-corrected chi connectivity index (χ3v) is 4.24. The predicted octanol–water partition coefficient (Wildman–Crippen LogP) is 2.13. The van der Waals surface area contributed by atoms with E-state index >= 15 is 0 Å². The van der Waals surface area contributed by atoms with E-state index in [1.807, 2.05) is 38.1 Å². The first-order valence-electron chi connectivity index (χ1n) is 9.00. The maximum Gasteiger partial charge on any atom is 0.320 e. The lowest BCUT2D eigenvalue weighted by molar-refractivity contribution is 0.244. The minimum Gasteiger partial charge on any atom is -0.338 e. The zero-order valence-electron chi connectivity index (χ0n) is 16.5. The van der Waals surface area contributed by atoms with Crippen LogP contribution in [0.4, 0.5) is 10.6 Å². The van der Waals surface area contributed by atoms with E-state index in [0.717, 1.165) is 11.1 Å². The Bertz CT molecular complexity index is 1050. The average Bonchev–Trinajstić information content (AvgIpc) is 3.31. The molecule has 2 amide bonds. The zero-order chi connectivity index (χ0) is 21.0. The van der Waals surface area contributed by atoms with Crippen LogP contribution in [0.1, 0.15) is 23.7 Å². The number of nitrogens with one attached hydrogen (secondary N) is 5. The molecule has 29 heavy (non-hydrogen) atoms. The molecule has 150 valence electrons. The van der Waals surface area contributed by atoms with Crippen LogP contribution in [0.2, 0.25) is 0 Å². The third-order valence-electron chi connectivity index (χ3n) is 4.24. The molecule has 2 aromatic heterocycles. The van der Waals surface area contributed by atoms with Crippen LogP contribution in [0.25, 0.3) is 11.6 Å². The molecule has 0 spiro atoms. The predicted molar refractivity (Wildman–Crippen MR) is 111 cm³/mol. The number of carbonyl (C=O) groups excluding carboxylic acids is 1. The number of rotatable bonds is 7. The first-order valence-corrected chi connectivity index (χ1v) is 9.00. The fourth-order valence-corrected chi connectivity index (χ4v) is 2.84. The Morgan fingerprint density at radius 1 is 1.34 bits per heavy atom. The van der Waals surface area contributed by atoms with Crippen molar-refractivity contribution in [3.8, 4) is 11.6 Å². The molecule has 2 heterocycles. The number of aromatic amines is 1. The molecule has 1 aromatic carbocycles. The van der Waals surface area contributed by atoms with E-state index in [9.17, 15) is 4.79 Å². The van der Waals surface area contributed by atoms with Crippen LogP contribution in [-0.2, 0) is 7.05 Å². The maximum absolute atomic E-state index is 11.8. The number of aryl methyl sites for hydroxylation is 1. The quantitative estimate of drug-likeness (QED) is 0.392. The normalized spacial score (nSPS) is 10.4. The summed E-state index contributed by atoms with van der Waals surface area (Å²) in [5, 5.41) is 23.7. The molecule has 3 rings (SSSR count). The summed E-state index contributed by atoms with van der Waals surface area (Å²) >= 11 is 0. The molecule has 0 radical (unpaired) electrons. The van der Waals surface area contributed by atoms with Gasteiger partial charge in [0.1, 0.15) is 23.7 Å². The molecule has 10 heteroatoms. The first-order chi connectivity index (χ1) is 13.9. The number of hydrogen-bond donors (Lipinski definition) is 5. The van der Waals surface area contributed by atoms with Gasteiger partial charge in [-0.1, -0.05) is 30.8 Å². The molecule has 0 aliphatic carbocycles. The fraction of sp³-hybridized carbons (Fsp3) is 0.211. The number of amides is 2. The molecule has 0 saturated carbocycles. The van der Waals surface area contributed by atoms with E-state index in [-0.39, 0.29) is 17.6 Å². The van der Waals surface area contributed by atoms with Crippen molar-refractivity contribution in [2.24, 2.45) is 7.05 Å². The van der Waals surface area contributed by atoms with Gasteiger partial charge in [-0.05, 0) is 19.4 Å². The molecular weight excluding hydrogens is 370 g/mol. The Balaban J connectivity index is 2.01. The smallest absolute Gasteiger partial charge is 0.320 e. The molecule has 5 N–H and O–H groups in total. The summed E-state index contributed by atoms with van der Waals surface area (Å²) in [5.41, 5.74) is 2.33. The lowest BCUT2D eigenvalue weighted by Crippen LogP contribution is -2.36. The molecule has 0 atom stereocenters. The van der Waals surface area contributed by atoms with Gasteiger partial charge in [0, 0.05) is 19.2 Å². The van der Waals surface area contributed by atoms with E-state index in [1.54, 1.807) is 11.6 Å². The van der Waals surface area contributed by atoms with Gasteiger partial charge in [0.05, 0.1) is 5.71 Å². The van der Waals surface area contributed by atoms with E-state index in [2.05, 4.69) is 42.7 Å². The second-order valence-electron chi connectivity index (χ2n) is 6.30. The molecule has 0 saturated heterocycles. The van der Waals surface area contributed by atoms with Crippen molar-refractivity contribution in [3.63, 3.8) is 0 Å². The van der Waals surface area contributed by atoms with Gasteiger partial charge >= 0.3 is 6.03 Å². The van der Waals surface area contributed by atoms with Crippen LogP contribution in [0, 0.1) is 12.3 Å². The van der Waals surface area contributed by atoms with Gasteiger partial charge < -0.3 is 15.2 Å². The zero-order valence-corrected chi connectivity index (χ0v) is 16.5. The number of benzene rings is 1. The van der Waals surface area contributed by atoms with Gasteiger partial charge in [-0.25, -0.2) is 14.8 Å². The molecule has 10 nitrogen and oxygen atoms in total. The van der Waals surface area contributed by atoms with Crippen molar-refractivity contribution >= 4 is 17.6 Å². The van der Waals surface area contributed by atoms with Gasteiger partial charge in [-0.2, -0.15) is 5.10 Å². The summed E-state index contributed by atoms with van der Waals surface area (Å²) in [4.78, 5) is 20.6. The van der Waals surface area contributed by atoms with Gasteiger partial charge in [-0.15, -0.1) is 0 Å². The standard InChI is InChI=1S/C19H23N9O/c1-5-21-19(29)25-12(3)24-17-15(14(20)13-9-7-6-8-11(13)2)26-18(28(17)4)16-22-10-23-27-16/h6-10,20,24H,3,5H2,1-2,4H3,(H2,21,25,29)(H,22,23,27). The SMILES string of the molecule is C=C(NC(=O)NCC)Nc1c(C(=N)c2ccccc2C)nc(-c2ncn[nH]2)n1C. The molecular formula is C19H23N9O. The highest BCUT2D eigenvalue weighted by Gasteiger charge is 2.23. The minimum atomic E-state index is -0.377. The lowest BCUT2D eigenvalue weighted by Gasteiger charge is -2.14. The van der Waals surface area contributed by atoms with E-state index in [4.69, 9.17) is 5.41 Å². The van der Waals surface area contributed by atoms with Gasteiger partial charge in [0.15, 0.2) is 11.6 Å². The summed E-state index contributed by atoms with van der Waals surface area (Å²) in [6.45, 7) is 8.09. The van der Waals surface area contributed by atoms with Crippen molar-refractivity contribution in [2.45, 2.75) is 13.8 Å². The molecule has 3 aromatic rings. The van der Waals surface area contributed by atoms with Crippen LogP contribution in [0.3, 0.4) is 0 Å². The van der Waals surface area contributed by atoms with Crippen LogP contribution in [0.5, 0.6) is 0 Å². The molecule has 0 aliphatic heterocycles. The highest BCUT2D eigenvalue weighted by molar-refractivity contribution is 6.13. The summed E-state index contributed by atoms with van der Waals surface area (Å²) in [6.07, 6.45) is 1.39. The summed E-state index contributed by atoms with van der Waals surface area (Å²) < 4.78 is 1.73. The number of aromatic nitrogens is 5. The van der Waals surface area contributed by atoms with E-state index in [0.29, 0.717) is 29.7 Å². The number of H-pyrrole nitrogens is 1. The van der Waals surface area contributed by atoms with Crippen LogP contribution in [-0.4, -0.2) is 43.0 Å². The van der Waals surface area contributed by atoms with Crippen molar-refractivity contribution in [2.75, 3.05) is 11.9 Å². The number of carbonyl (C=O) groups is 1. The second-order valence-corrected chi connectivity index (χ2v) is 6.30. The summed E-state index contributed by atoms with van der Waals surface area (Å²) in [7, 11) is 1.78. The second kappa shape index (κ2) is 8.38. The van der Waals surface area contributed by atoms with Gasteiger partial charge in [-0.3, -0.25) is 15.8 Å². The third kappa shape index (κ3) is 4.15. The van der Waals surface area contributed by atoms with E-state index in [1.165, 1.54) is 6.33 Å². The minimum absolute atomic E-state index is 0.234. The lowest BCUT2D eigenvalue weighted by atomic mass is 10.0. The summed E-state index contributed by atoms with van der Waals surface area (Å²) in [6, 6.07) is 7.22. The highest BCUT2D eigenvalue weighted by Crippen LogP contribution is 2.26. The largest absolute Gasteiger partial charge is 0.338 e. The first kappa shape index (κ1) is 19.8. The number of nitrogens with zero attached hydrogens (tertiary/aromatic N) is 4. The Kier molecular flexibility index (Phi) is 5.72. The van der Waals surface area contributed by atoms with Crippen LogP contribution >= 0.6 is 0 Å². The monoisotopic (exact) mass is 393 g/mol. The van der Waals surface area contributed by atoms with Gasteiger partial charge in [0.2, 0.25) is 0 Å². The Morgan fingerprint density at radius 3 is 2.76 bits per heavy atom. The van der Waals surface area contributed by atoms with Crippen LogP contribution < -0.4 is 16.0 Å². The average molecular weight is 393 g/mol. The number of imidazole rings is 1. The molecule has 0 aliphatic rings. The fourth-order valence-electron chi connectivity index (χ4n) is 2.84. The molecule has 0 fully saturated rings. The summed E-state index contributed by atoms with van der Waals surface area (Å²) in [5.74, 6) is 1.69. The maximum atomic E-state index is 11.8. The Labute approximate surface area is 168 Å². The Morgan fingerprint density at radius 2 is 2.10 bits per heavy atom. The molecule has 0 bridgehead atoms. The van der Waals surface area contributed by atoms with Crippen molar-refractivity contribution in [1.82, 2.24) is 35.4 Å². The van der Waals surface area contributed by atoms with Crippen LogP contribution in [0.15, 0.2) is 43.0 Å².